The molecular formula is C20H22ClNO4S. The largest absolute Gasteiger partial charge is 0.465 e. The summed E-state index contributed by atoms with van der Waals surface area (Å²) in [5.74, 6) is -1.36. The molecule has 1 aliphatic rings. The molecule has 0 unspecified atom stereocenters. The van der Waals surface area contributed by atoms with Gasteiger partial charge in [-0.1, -0.05) is 42.8 Å². The van der Waals surface area contributed by atoms with Crippen LogP contribution in [0.15, 0.2) is 53.4 Å². The van der Waals surface area contributed by atoms with E-state index < -0.39 is 32.5 Å². The lowest BCUT2D eigenvalue weighted by Crippen LogP contribution is -2.41. The quantitative estimate of drug-likeness (QED) is 0.743. The zero-order valence-electron chi connectivity index (χ0n) is 15.2. The molecule has 1 fully saturated rings. The molecule has 0 spiro atoms. The van der Waals surface area contributed by atoms with Gasteiger partial charge in [0, 0.05) is 10.9 Å². The first-order chi connectivity index (χ1) is 12.8. The van der Waals surface area contributed by atoms with Crippen LogP contribution in [0.5, 0.6) is 0 Å². The average molecular weight is 408 g/mol. The maximum Gasteiger partial charge on any atom is 0.328 e. The Morgan fingerprint density at radius 3 is 2.22 bits per heavy atom. The van der Waals surface area contributed by atoms with Crippen molar-refractivity contribution in [2.45, 2.75) is 41.9 Å². The number of halogens is 1. The van der Waals surface area contributed by atoms with Gasteiger partial charge < -0.3 is 10.5 Å². The zero-order chi connectivity index (χ0) is 19.8. The fourth-order valence-corrected chi connectivity index (χ4v) is 5.84. The lowest BCUT2D eigenvalue weighted by Gasteiger charge is -2.11. The van der Waals surface area contributed by atoms with Gasteiger partial charge in [0.1, 0.15) is 10.8 Å². The highest BCUT2D eigenvalue weighted by Gasteiger charge is 2.74. The third-order valence-electron chi connectivity index (χ3n) is 5.03. The van der Waals surface area contributed by atoms with Crippen molar-refractivity contribution in [2.24, 2.45) is 5.73 Å². The summed E-state index contributed by atoms with van der Waals surface area (Å²) in [7, 11) is -3.85. The molecule has 0 aromatic heterocycles. The molecular weight excluding hydrogens is 386 g/mol. The number of carbonyl (C=O) groups is 1. The van der Waals surface area contributed by atoms with Crippen molar-refractivity contribution in [1.29, 1.82) is 0 Å². The van der Waals surface area contributed by atoms with Crippen molar-refractivity contribution < 1.29 is 17.9 Å². The highest BCUT2D eigenvalue weighted by atomic mass is 35.5. The number of benzene rings is 2. The molecule has 0 radical (unpaired) electrons. The Kier molecular flexibility index (Phi) is 5.34. The normalized spacial score (nSPS) is 24.4. The topological polar surface area (TPSA) is 86.5 Å². The van der Waals surface area contributed by atoms with Gasteiger partial charge in [-0.05, 0) is 48.7 Å². The van der Waals surface area contributed by atoms with E-state index in [-0.39, 0.29) is 11.5 Å². The third kappa shape index (κ3) is 3.37. The van der Waals surface area contributed by atoms with E-state index in [9.17, 15) is 13.2 Å². The molecule has 144 valence electrons. The summed E-state index contributed by atoms with van der Waals surface area (Å²) in [6.07, 6.45) is 0.864. The fourth-order valence-electron chi connectivity index (χ4n) is 3.49. The van der Waals surface area contributed by atoms with Gasteiger partial charge in [-0.2, -0.15) is 0 Å². The Balaban J connectivity index is 2.04. The van der Waals surface area contributed by atoms with Gasteiger partial charge in [-0.25, -0.2) is 13.2 Å². The number of hydrogen-bond acceptors (Lipinski definition) is 5. The van der Waals surface area contributed by atoms with Gasteiger partial charge >= 0.3 is 5.97 Å². The Morgan fingerprint density at radius 2 is 1.70 bits per heavy atom. The summed E-state index contributed by atoms with van der Waals surface area (Å²) in [4.78, 5) is 12.6. The Morgan fingerprint density at radius 1 is 1.11 bits per heavy atom. The van der Waals surface area contributed by atoms with Crippen molar-refractivity contribution in [2.75, 3.05) is 6.61 Å². The standard InChI is InChI=1S/C20H22ClNO4S/c1-3-13-5-7-14(8-6-13)17-18(20(17,22)19(23)26-4-2)27(24,25)16-11-9-15(21)10-12-16/h5-12,17-18H,3-4,22H2,1-2H3/t17-,18-,20-/m0/s1. The van der Waals surface area contributed by atoms with Gasteiger partial charge in [0.05, 0.1) is 11.5 Å². The van der Waals surface area contributed by atoms with Crippen molar-refractivity contribution in [3.63, 3.8) is 0 Å². The van der Waals surface area contributed by atoms with E-state index in [1.54, 1.807) is 6.92 Å². The number of esters is 1. The fraction of sp³-hybridized carbons (Fsp3) is 0.350. The first-order valence-electron chi connectivity index (χ1n) is 8.81. The molecule has 2 N–H and O–H groups in total. The molecule has 1 aliphatic carbocycles. The molecule has 2 aromatic carbocycles. The minimum atomic E-state index is -3.85. The summed E-state index contributed by atoms with van der Waals surface area (Å²) in [5.41, 5.74) is 6.57. The van der Waals surface area contributed by atoms with Gasteiger partial charge in [-0.15, -0.1) is 0 Å². The smallest absolute Gasteiger partial charge is 0.328 e. The first-order valence-corrected chi connectivity index (χ1v) is 10.7. The van der Waals surface area contributed by atoms with Crippen LogP contribution in [0.2, 0.25) is 5.02 Å². The molecule has 0 saturated heterocycles. The molecule has 0 amide bonds. The Labute approximate surface area is 164 Å². The minimum absolute atomic E-state index is 0.0868. The van der Waals surface area contributed by atoms with Crippen molar-refractivity contribution >= 4 is 27.4 Å². The van der Waals surface area contributed by atoms with Crippen molar-refractivity contribution in [3.8, 4) is 0 Å². The second-order valence-electron chi connectivity index (χ2n) is 6.65. The third-order valence-corrected chi connectivity index (χ3v) is 7.54. The van der Waals surface area contributed by atoms with E-state index in [0.717, 1.165) is 12.0 Å². The van der Waals surface area contributed by atoms with Crippen LogP contribution in [0, 0.1) is 0 Å². The van der Waals surface area contributed by atoms with Crippen molar-refractivity contribution in [3.05, 3.63) is 64.7 Å². The van der Waals surface area contributed by atoms with Gasteiger partial charge in [0.25, 0.3) is 0 Å². The lowest BCUT2D eigenvalue weighted by atomic mass is 10.0. The van der Waals surface area contributed by atoms with E-state index in [1.165, 1.54) is 24.3 Å². The number of rotatable bonds is 6. The predicted molar refractivity (Wildman–Crippen MR) is 105 cm³/mol. The Bertz CT molecular complexity index is 941. The number of nitrogens with two attached hydrogens (primary N) is 1. The highest BCUT2D eigenvalue weighted by Crippen LogP contribution is 2.56. The van der Waals surface area contributed by atoms with E-state index in [4.69, 9.17) is 22.1 Å². The molecule has 3 atom stereocenters. The second kappa shape index (κ2) is 7.26. The van der Waals surface area contributed by atoms with E-state index >= 15 is 0 Å². The zero-order valence-corrected chi connectivity index (χ0v) is 16.8. The molecule has 0 aliphatic heterocycles. The van der Waals surface area contributed by atoms with Gasteiger partial charge in [0.2, 0.25) is 0 Å². The maximum absolute atomic E-state index is 13.2. The summed E-state index contributed by atoms with van der Waals surface area (Å²) in [6.45, 7) is 3.83. The van der Waals surface area contributed by atoms with Gasteiger partial charge in [0.15, 0.2) is 9.84 Å². The minimum Gasteiger partial charge on any atom is -0.465 e. The first kappa shape index (κ1) is 19.9. The summed E-state index contributed by atoms with van der Waals surface area (Å²) >= 11 is 5.86. The van der Waals surface area contributed by atoms with Crippen LogP contribution < -0.4 is 5.73 Å². The van der Waals surface area contributed by atoms with Crippen LogP contribution in [0.25, 0.3) is 0 Å². The van der Waals surface area contributed by atoms with Crippen molar-refractivity contribution in [1.82, 2.24) is 0 Å². The summed E-state index contributed by atoms with van der Waals surface area (Å²) in [5, 5.41) is -0.654. The molecule has 0 bridgehead atoms. The number of hydrogen-bond donors (Lipinski definition) is 1. The molecule has 7 heteroatoms. The number of carbonyl (C=O) groups excluding carboxylic acids is 1. The van der Waals surface area contributed by atoms with Gasteiger partial charge in [-0.3, -0.25) is 0 Å². The van der Waals surface area contributed by atoms with E-state index in [1.807, 2.05) is 31.2 Å². The lowest BCUT2D eigenvalue weighted by molar-refractivity contribution is -0.145. The average Bonchev–Trinajstić information content (AvgIpc) is 3.31. The SMILES string of the molecule is CCOC(=O)[C@]1(N)[C@@H](c2ccc(CC)cc2)[C@@H]1S(=O)(=O)c1ccc(Cl)cc1. The monoisotopic (exact) mass is 407 g/mol. The summed E-state index contributed by atoms with van der Waals surface area (Å²) < 4.78 is 31.5. The second-order valence-corrected chi connectivity index (χ2v) is 9.15. The summed E-state index contributed by atoms with van der Waals surface area (Å²) in [6, 6.07) is 13.4. The van der Waals surface area contributed by atoms with E-state index in [0.29, 0.717) is 10.6 Å². The molecule has 2 aromatic rings. The van der Waals surface area contributed by atoms with Crippen LogP contribution in [0.1, 0.15) is 30.9 Å². The molecule has 5 nitrogen and oxygen atoms in total. The maximum atomic E-state index is 13.2. The molecule has 3 rings (SSSR count). The molecule has 0 heterocycles. The molecule has 27 heavy (non-hydrogen) atoms. The number of sulfone groups is 1. The molecule has 1 saturated carbocycles. The van der Waals surface area contributed by atoms with Crippen LogP contribution in [-0.4, -0.2) is 31.8 Å². The van der Waals surface area contributed by atoms with Crippen LogP contribution in [0.3, 0.4) is 0 Å². The predicted octanol–water partition coefficient (Wildman–Crippen LogP) is 3.10. The van der Waals surface area contributed by atoms with Crippen LogP contribution in [0.4, 0.5) is 0 Å². The number of ether oxygens (including phenoxy) is 1. The number of aryl methyl sites for hydroxylation is 1. The van der Waals surface area contributed by atoms with Crippen LogP contribution in [-0.2, 0) is 25.8 Å². The van der Waals surface area contributed by atoms with E-state index in [2.05, 4.69) is 0 Å². The highest BCUT2D eigenvalue weighted by molar-refractivity contribution is 7.92. The Hall–Kier alpha value is -1.89. The van der Waals surface area contributed by atoms with Crippen LogP contribution >= 0.6 is 11.6 Å².